The minimum atomic E-state index is -0.928. The average Bonchev–Trinajstić information content (AvgIpc) is 3.28. The van der Waals surface area contributed by atoms with Crippen LogP contribution >= 0.6 is 0 Å². The predicted molar refractivity (Wildman–Crippen MR) is 156 cm³/mol. The molecule has 1 amide bonds. The summed E-state index contributed by atoms with van der Waals surface area (Å²) < 4.78 is 1.64. The fourth-order valence-electron chi connectivity index (χ4n) is 5.10. The molecular weight excluding hydrogens is 522 g/mol. The van der Waals surface area contributed by atoms with Crippen molar-refractivity contribution in [1.82, 2.24) is 35.0 Å². The van der Waals surface area contributed by atoms with Gasteiger partial charge in [-0.2, -0.15) is 10.1 Å². The molecule has 1 unspecified atom stereocenters. The summed E-state index contributed by atoms with van der Waals surface area (Å²) in [6.45, 7) is 4.13. The lowest BCUT2D eigenvalue weighted by molar-refractivity contribution is -0.138. The number of aliphatic carboxylic acids is 1. The summed E-state index contributed by atoms with van der Waals surface area (Å²) in [5, 5.41) is 24.0. The first-order valence-electron chi connectivity index (χ1n) is 13.9. The Balaban J connectivity index is 1.29. The molecule has 0 bridgehead atoms. The van der Waals surface area contributed by atoms with Crippen LogP contribution in [0.1, 0.15) is 73.0 Å². The number of aryl methyl sites for hydroxylation is 2. The van der Waals surface area contributed by atoms with Crippen LogP contribution in [0.2, 0.25) is 0 Å². The van der Waals surface area contributed by atoms with Crippen LogP contribution in [-0.4, -0.2) is 53.2 Å². The summed E-state index contributed by atoms with van der Waals surface area (Å²) in [7, 11) is 1.78. The van der Waals surface area contributed by atoms with Gasteiger partial charge in [0.25, 0.3) is 5.91 Å². The quantitative estimate of drug-likeness (QED) is 0.212. The molecule has 0 spiro atoms. The largest absolute Gasteiger partial charge is 0.481 e. The van der Waals surface area contributed by atoms with E-state index < -0.39 is 11.9 Å². The second-order valence-electron chi connectivity index (χ2n) is 10.6. The number of hydrogen-bond donors (Lipinski definition) is 4. The van der Waals surface area contributed by atoms with Crippen LogP contribution in [-0.2, 0) is 11.8 Å². The SMILES string of the molecule is Cc1ncc(C(=O)NCCC2CCCCC2)cc1Nc1nn(C)c2nc(Nc3cncc(C(C)C(=O)O)c3)ncc12. The normalized spacial score (nSPS) is 14.5. The monoisotopic (exact) mass is 557 g/mol. The van der Waals surface area contributed by atoms with Gasteiger partial charge in [0.2, 0.25) is 5.95 Å². The van der Waals surface area contributed by atoms with Gasteiger partial charge in [-0.15, -0.1) is 0 Å². The molecule has 1 saturated carbocycles. The van der Waals surface area contributed by atoms with Crippen LogP contribution in [0.3, 0.4) is 0 Å². The van der Waals surface area contributed by atoms with Gasteiger partial charge in [0, 0.05) is 32.2 Å². The van der Waals surface area contributed by atoms with Gasteiger partial charge in [0.05, 0.1) is 40.1 Å². The van der Waals surface area contributed by atoms with E-state index in [-0.39, 0.29) is 5.91 Å². The van der Waals surface area contributed by atoms with Gasteiger partial charge >= 0.3 is 5.97 Å². The molecule has 0 aromatic carbocycles. The van der Waals surface area contributed by atoms with E-state index in [1.165, 1.54) is 38.3 Å². The number of anilines is 4. The first kappa shape index (κ1) is 27.9. The molecule has 1 fully saturated rings. The molecule has 4 N–H and O–H groups in total. The highest BCUT2D eigenvalue weighted by atomic mass is 16.4. The molecular formula is C29H35N9O3. The summed E-state index contributed by atoms with van der Waals surface area (Å²) >= 11 is 0. The van der Waals surface area contributed by atoms with Crippen molar-refractivity contribution in [2.24, 2.45) is 13.0 Å². The summed E-state index contributed by atoms with van der Waals surface area (Å²) in [6, 6.07) is 3.50. The number of hydrogen-bond acceptors (Lipinski definition) is 9. The lowest BCUT2D eigenvalue weighted by Crippen LogP contribution is -2.26. The number of pyridine rings is 2. The maximum absolute atomic E-state index is 12.8. The van der Waals surface area contributed by atoms with Crippen LogP contribution in [0.25, 0.3) is 11.0 Å². The van der Waals surface area contributed by atoms with E-state index in [1.54, 1.807) is 49.4 Å². The number of carbonyl (C=O) groups excluding carboxylic acids is 1. The fraction of sp³-hybridized carbons (Fsp3) is 0.414. The van der Waals surface area contributed by atoms with Gasteiger partial charge in [-0.3, -0.25) is 19.6 Å². The maximum Gasteiger partial charge on any atom is 0.310 e. The van der Waals surface area contributed by atoms with Crippen molar-refractivity contribution in [3.8, 4) is 0 Å². The maximum atomic E-state index is 12.8. The Morgan fingerprint density at radius 1 is 1.07 bits per heavy atom. The number of carbonyl (C=O) groups is 2. The number of carboxylic acid groups (broad SMARTS) is 1. The van der Waals surface area contributed by atoms with E-state index >= 15 is 0 Å². The highest BCUT2D eigenvalue weighted by molar-refractivity contribution is 5.96. The molecule has 4 aromatic rings. The van der Waals surface area contributed by atoms with Gasteiger partial charge in [0.15, 0.2) is 11.5 Å². The smallest absolute Gasteiger partial charge is 0.310 e. The molecule has 0 aliphatic heterocycles. The fourth-order valence-corrected chi connectivity index (χ4v) is 5.10. The zero-order chi connectivity index (χ0) is 28.9. The number of aromatic nitrogens is 6. The summed E-state index contributed by atoms with van der Waals surface area (Å²) in [6.07, 6.45) is 13.8. The third-order valence-corrected chi connectivity index (χ3v) is 7.63. The Hall–Kier alpha value is -4.61. The summed E-state index contributed by atoms with van der Waals surface area (Å²) in [5.74, 6) is -0.204. The Morgan fingerprint density at radius 3 is 2.66 bits per heavy atom. The van der Waals surface area contributed by atoms with Crippen molar-refractivity contribution >= 4 is 46.1 Å². The van der Waals surface area contributed by atoms with Crippen molar-refractivity contribution in [3.05, 3.63) is 53.7 Å². The Morgan fingerprint density at radius 2 is 1.88 bits per heavy atom. The molecule has 1 aliphatic rings. The lowest BCUT2D eigenvalue weighted by Gasteiger charge is -2.21. The topological polar surface area (TPSA) is 160 Å². The molecule has 0 saturated heterocycles. The van der Waals surface area contributed by atoms with Crippen LogP contribution in [0.5, 0.6) is 0 Å². The van der Waals surface area contributed by atoms with Crippen LogP contribution < -0.4 is 16.0 Å². The molecule has 1 atom stereocenters. The second-order valence-corrected chi connectivity index (χ2v) is 10.6. The third kappa shape index (κ3) is 6.59. The van der Waals surface area contributed by atoms with Crippen molar-refractivity contribution in [2.75, 3.05) is 17.2 Å². The van der Waals surface area contributed by atoms with Crippen molar-refractivity contribution in [1.29, 1.82) is 0 Å². The first-order valence-corrected chi connectivity index (χ1v) is 13.9. The minimum Gasteiger partial charge on any atom is -0.481 e. The van der Waals surface area contributed by atoms with Gasteiger partial charge in [-0.05, 0) is 43.9 Å². The Bertz CT molecular complexity index is 1560. The zero-order valence-electron chi connectivity index (χ0n) is 23.5. The molecule has 4 aromatic heterocycles. The van der Waals surface area contributed by atoms with Gasteiger partial charge in [-0.25, -0.2) is 9.67 Å². The molecule has 0 radical (unpaired) electrons. The second kappa shape index (κ2) is 12.3. The van der Waals surface area contributed by atoms with E-state index in [0.717, 1.165) is 12.1 Å². The van der Waals surface area contributed by atoms with E-state index in [1.807, 2.05) is 6.92 Å². The Labute approximate surface area is 238 Å². The standard InChI is InChI=1S/C29H35N9O3/c1-17(28(40)41)20-11-22(15-30-13-20)34-29-33-16-23-25(37-38(3)26(23)36-29)35-24-12-21(14-32-18(24)2)27(39)31-10-9-19-7-5-4-6-8-19/h11-17,19H,4-10H2,1-3H3,(H,31,39)(H,35,37)(H,40,41)(H,33,34,36). The summed E-state index contributed by atoms with van der Waals surface area (Å²) in [4.78, 5) is 41.8. The van der Waals surface area contributed by atoms with Crippen molar-refractivity contribution in [3.63, 3.8) is 0 Å². The molecule has 4 heterocycles. The molecule has 12 nitrogen and oxygen atoms in total. The van der Waals surface area contributed by atoms with Gasteiger partial charge in [-0.1, -0.05) is 32.1 Å². The van der Waals surface area contributed by atoms with Crippen LogP contribution in [0.15, 0.2) is 36.9 Å². The number of carboxylic acids is 1. The minimum absolute atomic E-state index is 0.141. The third-order valence-electron chi connectivity index (χ3n) is 7.63. The Kier molecular flexibility index (Phi) is 8.37. The van der Waals surface area contributed by atoms with Crippen LogP contribution in [0, 0.1) is 12.8 Å². The molecule has 41 heavy (non-hydrogen) atoms. The van der Waals surface area contributed by atoms with E-state index in [2.05, 4.69) is 41.0 Å². The highest BCUT2D eigenvalue weighted by Crippen LogP contribution is 2.28. The van der Waals surface area contributed by atoms with E-state index in [9.17, 15) is 14.7 Å². The number of nitrogens with zero attached hydrogens (tertiary/aromatic N) is 6. The summed E-state index contributed by atoms with van der Waals surface area (Å²) in [5.41, 5.74) is 3.60. The molecule has 12 heteroatoms. The molecule has 1 aliphatic carbocycles. The van der Waals surface area contributed by atoms with Gasteiger partial charge in [0.1, 0.15) is 0 Å². The van der Waals surface area contributed by atoms with Crippen molar-refractivity contribution in [2.45, 2.75) is 58.3 Å². The van der Waals surface area contributed by atoms with Crippen molar-refractivity contribution < 1.29 is 14.7 Å². The van der Waals surface area contributed by atoms with Gasteiger partial charge < -0.3 is 21.1 Å². The van der Waals surface area contributed by atoms with Crippen LogP contribution in [0.4, 0.5) is 23.1 Å². The number of fused-ring (bicyclic) bond motifs is 1. The zero-order valence-corrected chi connectivity index (χ0v) is 23.5. The number of nitrogens with one attached hydrogen (secondary N) is 3. The molecule has 5 rings (SSSR count). The van der Waals surface area contributed by atoms with E-state index in [4.69, 9.17) is 0 Å². The van der Waals surface area contributed by atoms with E-state index in [0.29, 0.717) is 57.8 Å². The first-order chi connectivity index (χ1) is 19.8. The number of rotatable bonds is 10. The number of amides is 1. The highest BCUT2D eigenvalue weighted by Gasteiger charge is 2.18. The molecule has 214 valence electrons. The predicted octanol–water partition coefficient (Wildman–Crippen LogP) is 4.84. The average molecular weight is 558 g/mol. The lowest BCUT2D eigenvalue weighted by atomic mass is 9.87.